The van der Waals surface area contributed by atoms with Crippen LogP contribution in [0, 0.1) is 11.6 Å². The van der Waals surface area contributed by atoms with Gasteiger partial charge in [0.15, 0.2) is 0 Å². The van der Waals surface area contributed by atoms with Gasteiger partial charge in [-0.3, -0.25) is 9.59 Å². The summed E-state index contributed by atoms with van der Waals surface area (Å²) in [6.45, 7) is 0. The molecule has 0 bridgehead atoms. The van der Waals surface area contributed by atoms with Crippen LogP contribution in [0.1, 0.15) is 33.5 Å². The Morgan fingerprint density at radius 3 is 1.82 bits per heavy atom. The SMILES string of the molecule is O=C(N[C@@H](Cc1ccccc1)C(=O)N[C@H](/C=C(\F)S(=O)(=O)Cc1ccccc1)CCc1ccccc1)c1cc(F)cc(F)c1. The van der Waals surface area contributed by atoms with Gasteiger partial charge in [-0.25, -0.2) is 17.2 Å². The molecule has 0 aromatic heterocycles. The number of hydrogen-bond donors (Lipinski definition) is 2. The molecule has 44 heavy (non-hydrogen) atoms. The normalized spacial score (nSPS) is 13.1. The van der Waals surface area contributed by atoms with E-state index in [1.54, 1.807) is 60.7 Å². The Morgan fingerprint density at radius 2 is 1.25 bits per heavy atom. The standard InChI is InChI=1S/C34H31F3N2O4S/c35-28-19-27(20-29(36)21-28)33(40)39-31(18-25-12-6-2-7-13-25)34(41)38-30(17-16-24-10-4-1-5-11-24)22-32(37)44(42,43)23-26-14-8-3-9-15-26/h1-15,19-22,30-31H,16-18,23H2,(H,38,41)(H,39,40)/b32-22+/t30-,31-/m0/s1. The molecule has 0 fully saturated rings. The number of aryl methyl sites for hydroxylation is 1. The summed E-state index contributed by atoms with van der Waals surface area (Å²) in [5.74, 6) is -4.11. The van der Waals surface area contributed by atoms with E-state index in [1.165, 1.54) is 0 Å². The van der Waals surface area contributed by atoms with Crippen molar-refractivity contribution in [1.82, 2.24) is 10.6 Å². The summed E-state index contributed by atoms with van der Waals surface area (Å²) in [4.78, 5) is 26.6. The van der Waals surface area contributed by atoms with Crippen LogP contribution in [0.5, 0.6) is 0 Å². The summed E-state index contributed by atoms with van der Waals surface area (Å²) in [7, 11) is -4.36. The Hall–Kier alpha value is -4.70. The second-order valence-corrected chi connectivity index (χ2v) is 12.1. The number of benzene rings is 4. The third-order valence-electron chi connectivity index (χ3n) is 6.77. The van der Waals surface area contributed by atoms with Crippen LogP contribution in [0.3, 0.4) is 0 Å². The monoisotopic (exact) mass is 620 g/mol. The van der Waals surface area contributed by atoms with Crippen LogP contribution >= 0.6 is 0 Å². The minimum atomic E-state index is -4.36. The van der Waals surface area contributed by atoms with Crippen LogP contribution in [0.2, 0.25) is 0 Å². The quantitative estimate of drug-likeness (QED) is 0.196. The van der Waals surface area contributed by atoms with Crippen molar-refractivity contribution in [3.05, 3.63) is 154 Å². The first-order chi connectivity index (χ1) is 21.1. The highest BCUT2D eigenvalue weighted by Gasteiger charge is 2.26. The molecule has 2 amide bonds. The summed E-state index contributed by atoms with van der Waals surface area (Å²) < 4.78 is 68.6. The lowest BCUT2D eigenvalue weighted by atomic mass is 10.0. The maximum absolute atomic E-state index is 15.3. The molecule has 2 atom stereocenters. The van der Waals surface area contributed by atoms with Crippen molar-refractivity contribution in [3.63, 3.8) is 0 Å². The van der Waals surface area contributed by atoms with E-state index >= 15 is 4.39 Å². The molecule has 4 aromatic rings. The molecule has 228 valence electrons. The molecule has 2 N–H and O–H groups in total. The number of rotatable bonds is 13. The summed E-state index contributed by atoms with van der Waals surface area (Å²) in [6, 6.07) is 26.0. The van der Waals surface area contributed by atoms with Crippen molar-refractivity contribution in [2.45, 2.75) is 37.1 Å². The van der Waals surface area contributed by atoms with Gasteiger partial charge in [-0.05, 0) is 47.7 Å². The van der Waals surface area contributed by atoms with Gasteiger partial charge in [-0.1, -0.05) is 91.0 Å². The van der Waals surface area contributed by atoms with Crippen molar-refractivity contribution >= 4 is 21.7 Å². The first kappa shape index (κ1) is 32.2. The lowest BCUT2D eigenvalue weighted by Gasteiger charge is -2.22. The van der Waals surface area contributed by atoms with E-state index < -0.39 is 56.3 Å². The van der Waals surface area contributed by atoms with E-state index in [1.807, 2.05) is 30.3 Å². The minimum absolute atomic E-state index is 0.000118. The Labute approximate surface area is 254 Å². The predicted octanol–water partition coefficient (Wildman–Crippen LogP) is 5.85. The van der Waals surface area contributed by atoms with Gasteiger partial charge in [0.2, 0.25) is 20.9 Å². The second-order valence-electron chi connectivity index (χ2n) is 10.2. The molecule has 6 nitrogen and oxygen atoms in total. The van der Waals surface area contributed by atoms with Gasteiger partial charge < -0.3 is 10.6 Å². The van der Waals surface area contributed by atoms with Gasteiger partial charge in [0.1, 0.15) is 17.7 Å². The molecule has 0 aliphatic rings. The summed E-state index contributed by atoms with van der Waals surface area (Å²) in [5, 5.41) is 3.80. The molecule has 0 saturated carbocycles. The largest absolute Gasteiger partial charge is 0.348 e. The second kappa shape index (κ2) is 15.2. The van der Waals surface area contributed by atoms with Crippen molar-refractivity contribution < 1.29 is 31.2 Å². The van der Waals surface area contributed by atoms with E-state index in [0.29, 0.717) is 23.6 Å². The van der Waals surface area contributed by atoms with Crippen LogP contribution in [-0.4, -0.2) is 32.3 Å². The lowest BCUT2D eigenvalue weighted by molar-refractivity contribution is -0.123. The van der Waals surface area contributed by atoms with Crippen LogP contribution in [0.25, 0.3) is 0 Å². The van der Waals surface area contributed by atoms with E-state index in [9.17, 15) is 26.8 Å². The molecule has 0 spiro atoms. The van der Waals surface area contributed by atoms with E-state index in [0.717, 1.165) is 23.8 Å². The highest BCUT2D eigenvalue weighted by atomic mass is 32.2. The van der Waals surface area contributed by atoms with Gasteiger partial charge in [0, 0.05) is 18.1 Å². The molecule has 10 heteroatoms. The van der Waals surface area contributed by atoms with Gasteiger partial charge in [-0.15, -0.1) is 0 Å². The number of nitrogens with one attached hydrogen (secondary N) is 2. The highest BCUT2D eigenvalue weighted by Crippen LogP contribution is 2.18. The third-order valence-corrected chi connectivity index (χ3v) is 8.22. The van der Waals surface area contributed by atoms with Crippen LogP contribution in [0.4, 0.5) is 13.2 Å². The molecule has 0 heterocycles. The molecule has 4 aromatic carbocycles. The molecule has 4 rings (SSSR count). The van der Waals surface area contributed by atoms with Crippen molar-refractivity contribution in [3.8, 4) is 0 Å². The maximum atomic E-state index is 15.3. The molecule has 0 saturated heterocycles. The Balaban J connectivity index is 1.59. The molecular weight excluding hydrogens is 589 g/mol. The van der Waals surface area contributed by atoms with Crippen molar-refractivity contribution in [1.29, 1.82) is 0 Å². The lowest BCUT2D eigenvalue weighted by Crippen LogP contribution is -2.50. The first-order valence-corrected chi connectivity index (χ1v) is 15.5. The number of carbonyl (C=O) groups is 2. The average Bonchev–Trinajstić information content (AvgIpc) is 3.00. The van der Waals surface area contributed by atoms with Gasteiger partial charge in [0.25, 0.3) is 5.91 Å². The number of carbonyl (C=O) groups excluding carboxylic acids is 2. The number of hydrogen-bond acceptors (Lipinski definition) is 4. The molecule has 0 aliphatic heterocycles. The van der Waals surface area contributed by atoms with Gasteiger partial charge in [-0.2, -0.15) is 4.39 Å². The van der Waals surface area contributed by atoms with Crippen molar-refractivity contribution in [2.75, 3.05) is 0 Å². The van der Waals surface area contributed by atoms with E-state index in [4.69, 9.17) is 0 Å². The fourth-order valence-corrected chi connectivity index (χ4v) is 5.70. The summed E-state index contributed by atoms with van der Waals surface area (Å²) >= 11 is 0. The zero-order chi connectivity index (χ0) is 31.5. The maximum Gasteiger partial charge on any atom is 0.252 e. The van der Waals surface area contributed by atoms with Gasteiger partial charge >= 0.3 is 0 Å². The van der Waals surface area contributed by atoms with Gasteiger partial charge in [0.05, 0.1) is 11.8 Å². The fourth-order valence-electron chi connectivity index (χ4n) is 4.56. The van der Waals surface area contributed by atoms with Crippen molar-refractivity contribution in [2.24, 2.45) is 0 Å². The minimum Gasteiger partial charge on any atom is -0.348 e. The molecule has 0 radical (unpaired) electrons. The molecule has 0 unspecified atom stereocenters. The predicted molar refractivity (Wildman–Crippen MR) is 163 cm³/mol. The van der Waals surface area contributed by atoms with Crippen LogP contribution < -0.4 is 10.6 Å². The Bertz CT molecular complexity index is 1680. The summed E-state index contributed by atoms with van der Waals surface area (Å²) in [6.07, 6.45) is 1.39. The smallest absolute Gasteiger partial charge is 0.252 e. The fraction of sp³-hybridized carbons (Fsp3) is 0.176. The van der Waals surface area contributed by atoms with E-state index in [2.05, 4.69) is 10.6 Å². The van der Waals surface area contributed by atoms with Crippen LogP contribution in [-0.2, 0) is 33.2 Å². The van der Waals surface area contributed by atoms with Crippen LogP contribution in [0.15, 0.2) is 120 Å². The number of amides is 2. The zero-order valence-electron chi connectivity index (χ0n) is 23.6. The number of halogens is 3. The Kier molecular flexibility index (Phi) is 11.1. The topological polar surface area (TPSA) is 92.3 Å². The van der Waals surface area contributed by atoms with E-state index in [-0.39, 0.29) is 18.4 Å². The zero-order valence-corrected chi connectivity index (χ0v) is 24.4. The third kappa shape index (κ3) is 9.67. The average molecular weight is 621 g/mol. The first-order valence-electron chi connectivity index (χ1n) is 13.9. The summed E-state index contributed by atoms with van der Waals surface area (Å²) in [5.41, 5.74) is 1.63. The molecular formula is C34H31F3N2O4S. The molecule has 0 aliphatic carbocycles. The highest BCUT2D eigenvalue weighted by molar-refractivity contribution is 7.94. The Morgan fingerprint density at radius 1 is 0.727 bits per heavy atom. The number of sulfone groups is 1.